The number of carbonyl (C=O) groups is 2. The number of carbonyl (C=O) groups excluding carboxylic acids is 2. The molecule has 0 aliphatic carbocycles. The second-order valence-electron chi connectivity index (χ2n) is 6.30. The Morgan fingerprint density at radius 2 is 2.27 bits per heavy atom. The summed E-state index contributed by atoms with van der Waals surface area (Å²) >= 11 is 1.56. The van der Waals surface area contributed by atoms with Gasteiger partial charge in [-0.1, -0.05) is 13.8 Å². The molecule has 2 N–H and O–H groups in total. The molecular weight excluding hydrogens is 298 g/mol. The highest BCUT2D eigenvalue weighted by atomic mass is 32.1. The van der Waals surface area contributed by atoms with Gasteiger partial charge in [0.15, 0.2) is 0 Å². The van der Waals surface area contributed by atoms with Crippen molar-refractivity contribution in [1.29, 1.82) is 0 Å². The molecule has 5 nitrogen and oxygen atoms in total. The lowest BCUT2D eigenvalue weighted by Gasteiger charge is -2.32. The van der Waals surface area contributed by atoms with E-state index < -0.39 is 0 Å². The van der Waals surface area contributed by atoms with E-state index in [1.54, 1.807) is 11.3 Å². The first kappa shape index (κ1) is 16.8. The minimum Gasteiger partial charge on any atom is -0.338 e. The van der Waals surface area contributed by atoms with Crippen LogP contribution in [-0.4, -0.2) is 36.5 Å². The lowest BCUT2D eigenvalue weighted by molar-refractivity contribution is -0.117. The van der Waals surface area contributed by atoms with E-state index in [9.17, 15) is 9.59 Å². The zero-order valence-electron chi connectivity index (χ0n) is 13.3. The number of nitrogens with one attached hydrogen (secondary N) is 2. The van der Waals surface area contributed by atoms with Crippen LogP contribution in [0.3, 0.4) is 0 Å². The molecule has 2 heterocycles. The van der Waals surface area contributed by atoms with Gasteiger partial charge >= 0.3 is 6.03 Å². The molecule has 1 aliphatic heterocycles. The largest absolute Gasteiger partial charge is 0.338 e. The predicted octanol–water partition coefficient (Wildman–Crippen LogP) is 3.15. The maximum atomic E-state index is 12.1. The number of amides is 3. The van der Waals surface area contributed by atoms with E-state index in [1.807, 2.05) is 21.7 Å². The summed E-state index contributed by atoms with van der Waals surface area (Å²) in [6.07, 6.45) is 2.44. The van der Waals surface area contributed by atoms with Crippen LogP contribution in [0.2, 0.25) is 0 Å². The Bertz CT molecular complexity index is 488. The van der Waals surface area contributed by atoms with Crippen LogP contribution >= 0.6 is 11.3 Å². The second-order valence-corrected chi connectivity index (χ2v) is 7.08. The smallest absolute Gasteiger partial charge is 0.317 e. The van der Waals surface area contributed by atoms with Crippen LogP contribution in [0.25, 0.3) is 0 Å². The summed E-state index contributed by atoms with van der Waals surface area (Å²) in [7, 11) is 0. The lowest BCUT2D eigenvalue weighted by Crippen LogP contribution is -2.46. The highest BCUT2D eigenvalue weighted by Gasteiger charge is 2.25. The van der Waals surface area contributed by atoms with Gasteiger partial charge in [-0.25, -0.2) is 4.79 Å². The maximum Gasteiger partial charge on any atom is 0.317 e. The molecule has 1 atom stereocenters. The summed E-state index contributed by atoms with van der Waals surface area (Å²) in [5.41, 5.74) is 0.859. The van der Waals surface area contributed by atoms with E-state index in [2.05, 4.69) is 24.5 Å². The highest BCUT2D eigenvalue weighted by molar-refractivity contribution is 7.08. The Morgan fingerprint density at radius 3 is 2.95 bits per heavy atom. The van der Waals surface area contributed by atoms with Gasteiger partial charge < -0.3 is 15.5 Å². The fourth-order valence-corrected chi connectivity index (χ4v) is 3.22. The molecule has 0 bridgehead atoms. The summed E-state index contributed by atoms with van der Waals surface area (Å²) in [4.78, 5) is 26.0. The van der Waals surface area contributed by atoms with E-state index in [-0.39, 0.29) is 17.9 Å². The molecule has 1 fully saturated rings. The van der Waals surface area contributed by atoms with E-state index in [0.717, 1.165) is 25.1 Å². The van der Waals surface area contributed by atoms with Crippen LogP contribution in [0.4, 0.5) is 10.5 Å². The van der Waals surface area contributed by atoms with Crippen molar-refractivity contribution in [3.8, 4) is 0 Å². The molecule has 3 amide bonds. The molecule has 122 valence electrons. The Morgan fingerprint density at radius 1 is 1.45 bits per heavy atom. The van der Waals surface area contributed by atoms with Crippen LogP contribution < -0.4 is 10.6 Å². The molecule has 1 aliphatic rings. The first-order valence-corrected chi connectivity index (χ1v) is 8.83. The van der Waals surface area contributed by atoms with Gasteiger partial charge in [0.25, 0.3) is 0 Å². The fraction of sp³-hybridized carbons (Fsp3) is 0.625. The zero-order chi connectivity index (χ0) is 15.9. The van der Waals surface area contributed by atoms with Gasteiger partial charge in [0.2, 0.25) is 5.91 Å². The number of urea groups is 1. The number of likely N-dealkylation sites (tertiary alicyclic amines) is 1. The van der Waals surface area contributed by atoms with E-state index in [1.165, 1.54) is 0 Å². The van der Waals surface area contributed by atoms with Crippen molar-refractivity contribution in [2.45, 2.75) is 33.1 Å². The average molecular weight is 323 g/mol. The lowest BCUT2D eigenvalue weighted by atomic mass is 9.94. The van der Waals surface area contributed by atoms with Crippen LogP contribution in [0, 0.1) is 11.8 Å². The van der Waals surface area contributed by atoms with Crippen molar-refractivity contribution in [3.63, 3.8) is 0 Å². The number of nitrogens with zero attached hydrogens (tertiary/aromatic N) is 1. The number of anilines is 1. The minimum atomic E-state index is -0.00311. The number of hydrogen-bond acceptors (Lipinski definition) is 3. The van der Waals surface area contributed by atoms with E-state index in [0.29, 0.717) is 25.4 Å². The van der Waals surface area contributed by atoms with Crippen LogP contribution in [0.15, 0.2) is 16.8 Å². The molecule has 22 heavy (non-hydrogen) atoms. The molecule has 1 saturated heterocycles. The van der Waals surface area contributed by atoms with Crippen molar-refractivity contribution in [2.24, 2.45) is 11.8 Å². The molecule has 6 heteroatoms. The second kappa shape index (κ2) is 8.17. The van der Waals surface area contributed by atoms with Crippen molar-refractivity contribution in [3.05, 3.63) is 16.8 Å². The van der Waals surface area contributed by atoms with Crippen LogP contribution in [0.1, 0.15) is 33.1 Å². The van der Waals surface area contributed by atoms with Gasteiger partial charge in [-0.3, -0.25) is 4.79 Å². The maximum absolute atomic E-state index is 12.1. The van der Waals surface area contributed by atoms with Crippen molar-refractivity contribution in [2.75, 3.05) is 25.0 Å². The molecule has 0 aromatic carbocycles. The Balaban J connectivity index is 1.77. The van der Waals surface area contributed by atoms with E-state index >= 15 is 0 Å². The standard InChI is InChI=1S/C16H25N3O2S/c1-12(2)9-17-16(21)19-6-3-4-13(10-19)8-15(20)18-14-5-7-22-11-14/h5,7,11-13H,3-4,6,8-10H2,1-2H3,(H,17,21)(H,18,20). The summed E-state index contributed by atoms with van der Waals surface area (Å²) < 4.78 is 0. The first-order chi connectivity index (χ1) is 10.5. The molecule has 0 spiro atoms. The van der Waals surface area contributed by atoms with Gasteiger partial charge in [-0.15, -0.1) is 0 Å². The van der Waals surface area contributed by atoms with E-state index in [4.69, 9.17) is 0 Å². The molecule has 2 rings (SSSR count). The Hall–Kier alpha value is -1.56. The third-order valence-electron chi connectivity index (χ3n) is 3.75. The summed E-state index contributed by atoms with van der Waals surface area (Å²) in [6.45, 7) is 6.30. The van der Waals surface area contributed by atoms with Gasteiger partial charge in [0.05, 0.1) is 5.69 Å². The van der Waals surface area contributed by atoms with Gasteiger partial charge in [0, 0.05) is 31.4 Å². The number of thiophene rings is 1. The summed E-state index contributed by atoms with van der Waals surface area (Å²) in [5, 5.41) is 9.72. The third-order valence-corrected chi connectivity index (χ3v) is 4.43. The molecule has 0 radical (unpaired) electrons. The van der Waals surface area contributed by atoms with Crippen molar-refractivity contribution >= 4 is 29.0 Å². The van der Waals surface area contributed by atoms with Gasteiger partial charge in [0.1, 0.15) is 0 Å². The van der Waals surface area contributed by atoms with Crippen LogP contribution in [0.5, 0.6) is 0 Å². The van der Waals surface area contributed by atoms with Gasteiger partial charge in [-0.2, -0.15) is 11.3 Å². The molecular formula is C16H25N3O2S. The minimum absolute atomic E-state index is 0.00311. The van der Waals surface area contributed by atoms with Crippen molar-refractivity contribution in [1.82, 2.24) is 10.2 Å². The summed E-state index contributed by atoms with van der Waals surface area (Å²) in [5.74, 6) is 0.728. The fourth-order valence-electron chi connectivity index (χ4n) is 2.63. The number of piperidine rings is 1. The molecule has 0 saturated carbocycles. The summed E-state index contributed by atoms with van der Waals surface area (Å²) in [6, 6.07) is 1.89. The monoisotopic (exact) mass is 323 g/mol. The number of hydrogen-bond donors (Lipinski definition) is 2. The van der Waals surface area contributed by atoms with Crippen molar-refractivity contribution < 1.29 is 9.59 Å². The Labute approximate surface area is 136 Å². The third kappa shape index (κ3) is 5.33. The molecule has 1 aromatic heterocycles. The zero-order valence-corrected chi connectivity index (χ0v) is 14.1. The highest BCUT2D eigenvalue weighted by Crippen LogP contribution is 2.21. The Kier molecular flexibility index (Phi) is 6.24. The topological polar surface area (TPSA) is 61.4 Å². The predicted molar refractivity (Wildman–Crippen MR) is 90.1 cm³/mol. The first-order valence-electron chi connectivity index (χ1n) is 7.89. The van der Waals surface area contributed by atoms with Crippen LogP contribution in [-0.2, 0) is 4.79 Å². The number of rotatable bonds is 5. The normalized spacial score (nSPS) is 18.3. The molecule has 1 aromatic rings. The van der Waals surface area contributed by atoms with Gasteiger partial charge in [-0.05, 0) is 36.1 Å². The average Bonchev–Trinajstić information content (AvgIpc) is 2.97. The molecule has 1 unspecified atom stereocenters. The SMILES string of the molecule is CC(C)CNC(=O)N1CCCC(CC(=O)Nc2ccsc2)C1. The quantitative estimate of drug-likeness (QED) is 0.874.